The number of hydrogen-bond donors (Lipinski definition) is 0. The van der Waals surface area contributed by atoms with E-state index in [0.717, 1.165) is 44.2 Å². The molecule has 0 heterocycles. The zero-order valence-corrected chi connectivity index (χ0v) is 10.4. The lowest BCUT2D eigenvalue weighted by Crippen LogP contribution is -2.23. The van der Waals surface area contributed by atoms with Crippen LogP contribution in [0.2, 0.25) is 0 Å². The third-order valence-electron chi connectivity index (χ3n) is 3.60. The van der Waals surface area contributed by atoms with Crippen LogP contribution in [-0.2, 0) is 4.79 Å². The summed E-state index contributed by atoms with van der Waals surface area (Å²) in [5, 5.41) is 0. The van der Waals surface area contributed by atoms with Gasteiger partial charge in [-0.2, -0.15) is 0 Å². The molecular formula is C14H21NO. The Bertz CT molecular complexity index is 352. The molecule has 0 atom stereocenters. The number of Topliss-reactive ketones (excluding diaryl/α,β-unsaturated/α-hetero) is 1. The van der Waals surface area contributed by atoms with Crippen molar-refractivity contribution in [3.8, 4) is 0 Å². The summed E-state index contributed by atoms with van der Waals surface area (Å²) >= 11 is 0. The largest absolute Gasteiger partial charge is 0.378 e. The SMILES string of the molecule is CCCN(C)C1=CC2=C(CC1)C(=O)CCC2. The predicted molar refractivity (Wildman–Crippen MR) is 66.1 cm³/mol. The lowest BCUT2D eigenvalue weighted by atomic mass is 9.84. The summed E-state index contributed by atoms with van der Waals surface area (Å²) < 4.78 is 0. The molecule has 0 spiro atoms. The van der Waals surface area contributed by atoms with Crippen LogP contribution in [0.1, 0.15) is 45.4 Å². The molecule has 2 rings (SSSR count). The average Bonchev–Trinajstić information content (AvgIpc) is 2.29. The van der Waals surface area contributed by atoms with Gasteiger partial charge in [0.1, 0.15) is 0 Å². The first kappa shape index (κ1) is 11.4. The molecule has 0 radical (unpaired) electrons. The van der Waals surface area contributed by atoms with Gasteiger partial charge >= 0.3 is 0 Å². The van der Waals surface area contributed by atoms with Gasteiger partial charge in [0.05, 0.1) is 0 Å². The summed E-state index contributed by atoms with van der Waals surface area (Å²) in [6, 6.07) is 0. The zero-order valence-electron chi connectivity index (χ0n) is 10.4. The fraction of sp³-hybridized carbons (Fsp3) is 0.643. The van der Waals surface area contributed by atoms with Gasteiger partial charge in [0.15, 0.2) is 5.78 Å². The van der Waals surface area contributed by atoms with Crippen LogP contribution in [0.15, 0.2) is 22.9 Å². The van der Waals surface area contributed by atoms with E-state index >= 15 is 0 Å². The van der Waals surface area contributed by atoms with E-state index in [0.29, 0.717) is 5.78 Å². The predicted octanol–water partition coefficient (Wildman–Crippen LogP) is 3.06. The molecule has 0 aromatic carbocycles. The fourth-order valence-corrected chi connectivity index (χ4v) is 2.69. The first-order chi connectivity index (χ1) is 7.72. The lowest BCUT2D eigenvalue weighted by molar-refractivity contribution is -0.116. The number of hydrogen-bond acceptors (Lipinski definition) is 2. The number of nitrogens with zero attached hydrogens (tertiary/aromatic N) is 1. The van der Waals surface area contributed by atoms with E-state index in [9.17, 15) is 4.79 Å². The van der Waals surface area contributed by atoms with E-state index in [1.54, 1.807) is 0 Å². The zero-order chi connectivity index (χ0) is 11.5. The van der Waals surface area contributed by atoms with Crippen LogP contribution < -0.4 is 0 Å². The van der Waals surface area contributed by atoms with Gasteiger partial charge in [-0.1, -0.05) is 6.92 Å². The molecule has 2 heteroatoms. The second kappa shape index (κ2) is 4.86. The topological polar surface area (TPSA) is 20.3 Å². The standard InChI is InChI=1S/C14H21NO/c1-3-9-15(2)12-7-8-13-11(10-12)5-4-6-14(13)16/h10H,3-9H2,1-2H3. The summed E-state index contributed by atoms with van der Waals surface area (Å²) in [4.78, 5) is 14.1. The van der Waals surface area contributed by atoms with Crippen molar-refractivity contribution in [2.45, 2.75) is 45.4 Å². The van der Waals surface area contributed by atoms with Crippen LogP contribution in [0.3, 0.4) is 0 Å². The Morgan fingerprint density at radius 1 is 1.25 bits per heavy atom. The molecule has 0 amide bonds. The normalized spacial score (nSPS) is 20.6. The Hall–Kier alpha value is -1.05. The average molecular weight is 219 g/mol. The molecule has 2 nitrogen and oxygen atoms in total. The third-order valence-corrected chi connectivity index (χ3v) is 3.60. The van der Waals surface area contributed by atoms with Gasteiger partial charge in [-0.25, -0.2) is 0 Å². The molecule has 2 aliphatic carbocycles. The first-order valence-corrected chi connectivity index (χ1v) is 6.39. The van der Waals surface area contributed by atoms with E-state index in [2.05, 4.69) is 24.9 Å². The summed E-state index contributed by atoms with van der Waals surface area (Å²) in [5.74, 6) is 0.398. The van der Waals surface area contributed by atoms with Crippen molar-refractivity contribution in [1.29, 1.82) is 0 Å². The smallest absolute Gasteiger partial charge is 0.159 e. The summed E-state index contributed by atoms with van der Waals surface area (Å²) in [5.41, 5.74) is 3.86. The Labute approximate surface area is 98.0 Å². The van der Waals surface area contributed by atoms with E-state index in [-0.39, 0.29) is 0 Å². The molecule has 0 aromatic heterocycles. The summed E-state index contributed by atoms with van der Waals surface area (Å²) in [7, 11) is 2.16. The van der Waals surface area contributed by atoms with Crippen LogP contribution in [0.4, 0.5) is 0 Å². The molecule has 0 unspecified atom stereocenters. The van der Waals surface area contributed by atoms with E-state index < -0.39 is 0 Å². The molecule has 0 fully saturated rings. The minimum atomic E-state index is 0.398. The van der Waals surface area contributed by atoms with Gasteiger partial charge < -0.3 is 4.90 Å². The van der Waals surface area contributed by atoms with Crippen molar-refractivity contribution in [2.75, 3.05) is 13.6 Å². The number of ketones is 1. The molecule has 0 aliphatic heterocycles. The van der Waals surface area contributed by atoms with Crippen LogP contribution in [0, 0.1) is 0 Å². The Kier molecular flexibility index (Phi) is 3.47. The second-order valence-corrected chi connectivity index (χ2v) is 4.84. The monoisotopic (exact) mass is 219 g/mol. The summed E-state index contributed by atoms with van der Waals surface area (Å²) in [6.07, 6.45) is 8.37. The Balaban J connectivity index is 2.17. The molecule has 0 bridgehead atoms. The number of carbonyl (C=O) groups excluding carboxylic acids is 1. The van der Waals surface area contributed by atoms with Gasteiger partial charge in [-0.05, 0) is 49.3 Å². The fourth-order valence-electron chi connectivity index (χ4n) is 2.69. The van der Waals surface area contributed by atoms with Gasteiger partial charge in [0.25, 0.3) is 0 Å². The maximum atomic E-state index is 11.7. The van der Waals surface area contributed by atoms with Crippen molar-refractivity contribution in [2.24, 2.45) is 0 Å². The van der Waals surface area contributed by atoms with Crippen molar-refractivity contribution in [3.63, 3.8) is 0 Å². The highest BCUT2D eigenvalue weighted by Gasteiger charge is 2.23. The summed E-state index contributed by atoms with van der Waals surface area (Å²) in [6.45, 7) is 3.32. The lowest BCUT2D eigenvalue weighted by Gasteiger charge is -2.28. The quantitative estimate of drug-likeness (QED) is 0.727. The highest BCUT2D eigenvalue weighted by atomic mass is 16.1. The molecule has 0 saturated carbocycles. The maximum Gasteiger partial charge on any atom is 0.159 e. The van der Waals surface area contributed by atoms with Crippen molar-refractivity contribution < 1.29 is 4.79 Å². The molecule has 0 saturated heterocycles. The minimum absolute atomic E-state index is 0.398. The molecule has 0 N–H and O–H groups in total. The molecular weight excluding hydrogens is 198 g/mol. The second-order valence-electron chi connectivity index (χ2n) is 4.84. The maximum absolute atomic E-state index is 11.7. The van der Waals surface area contributed by atoms with E-state index in [4.69, 9.17) is 0 Å². The highest BCUT2D eigenvalue weighted by molar-refractivity contribution is 5.97. The molecule has 88 valence electrons. The Morgan fingerprint density at radius 2 is 2.06 bits per heavy atom. The first-order valence-electron chi connectivity index (χ1n) is 6.39. The van der Waals surface area contributed by atoms with Gasteiger partial charge in [0, 0.05) is 25.7 Å². The van der Waals surface area contributed by atoms with Crippen LogP contribution in [0.5, 0.6) is 0 Å². The minimum Gasteiger partial charge on any atom is -0.378 e. The number of allylic oxidation sites excluding steroid dienone is 4. The van der Waals surface area contributed by atoms with Crippen LogP contribution in [-0.4, -0.2) is 24.3 Å². The Morgan fingerprint density at radius 3 is 2.81 bits per heavy atom. The van der Waals surface area contributed by atoms with Crippen LogP contribution >= 0.6 is 0 Å². The van der Waals surface area contributed by atoms with E-state index in [1.807, 2.05) is 0 Å². The van der Waals surface area contributed by atoms with Crippen molar-refractivity contribution in [1.82, 2.24) is 4.90 Å². The van der Waals surface area contributed by atoms with Crippen molar-refractivity contribution in [3.05, 3.63) is 22.9 Å². The van der Waals surface area contributed by atoms with Crippen molar-refractivity contribution >= 4 is 5.78 Å². The third kappa shape index (κ3) is 2.21. The molecule has 0 aromatic rings. The number of carbonyl (C=O) groups is 1. The molecule has 16 heavy (non-hydrogen) atoms. The van der Waals surface area contributed by atoms with E-state index in [1.165, 1.54) is 17.7 Å². The number of rotatable bonds is 3. The van der Waals surface area contributed by atoms with Gasteiger partial charge in [-0.3, -0.25) is 4.79 Å². The van der Waals surface area contributed by atoms with Gasteiger partial charge in [0.2, 0.25) is 0 Å². The van der Waals surface area contributed by atoms with Gasteiger partial charge in [-0.15, -0.1) is 0 Å². The molecule has 2 aliphatic rings. The highest BCUT2D eigenvalue weighted by Crippen LogP contribution is 2.33. The van der Waals surface area contributed by atoms with Crippen LogP contribution in [0.25, 0.3) is 0 Å².